The Balaban J connectivity index is 2.02. The van der Waals surface area contributed by atoms with Crippen LogP contribution in [0.5, 0.6) is 0 Å². The Morgan fingerprint density at radius 1 is 1.37 bits per heavy atom. The molecule has 0 unspecified atom stereocenters. The van der Waals surface area contributed by atoms with Gasteiger partial charge in [0.25, 0.3) is 5.91 Å². The molecule has 19 heavy (non-hydrogen) atoms. The number of rotatable bonds is 3. The molecule has 2 rings (SSSR count). The zero-order chi connectivity index (χ0) is 14.0. The molecule has 4 nitrogen and oxygen atoms in total. The van der Waals surface area contributed by atoms with Gasteiger partial charge in [-0.1, -0.05) is 6.07 Å². The van der Waals surface area contributed by atoms with E-state index in [-0.39, 0.29) is 16.1 Å². The first-order chi connectivity index (χ1) is 8.99. The van der Waals surface area contributed by atoms with Gasteiger partial charge in [-0.05, 0) is 47.3 Å². The smallest absolute Gasteiger partial charge is 0.306 e. The molecule has 1 aromatic rings. The zero-order valence-corrected chi connectivity index (χ0v) is 11.6. The maximum atomic E-state index is 13.7. The summed E-state index contributed by atoms with van der Waals surface area (Å²) in [6, 6.07) is 4.30. The maximum absolute atomic E-state index is 13.7. The Hall–Kier alpha value is -1.43. The van der Waals surface area contributed by atoms with E-state index in [2.05, 4.69) is 21.2 Å². The highest BCUT2D eigenvalue weighted by molar-refractivity contribution is 9.10. The molecule has 1 fully saturated rings. The van der Waals surface area contributed by atoms with Crippen molar-refractivity contribution in [2.45, 2.75) is 25.3 Å². The number of hydrogen-bond acceptors (Lipinski definition) is 2. The van der Waals surface area contributed by atoms with Crippen LogP contribution in [0.3, 0.4) is 0 Å². The quantitative estimate of drug-likeness (QED) is 0.895. The molecular weight excluding hydrogens is 317 g/mol. The minimum Gasteiger partial charge on any atom is -0.481 e. The van der Waals surface area contributed by atoms with Crippen LogP contribution in [0.2, 0.25) is 0 Å². The van der Waals surface area contributed by atoms with Crippen LogP contribution in [0.25, 0.3) is 0 Å². The maximum Gasteiger partial charge on any atom is 0.306 e. The van der Waals surface area contributed by atoms with Gasteiger partial charge in [-0.25, -0.2) is 4.39 Å². The monoisotopic (exact) mass is 329 g/mol. The summed E-state index contributed by atoms with van der Waals surface area (Å²) in [6.45, 7) is 0. The van der Waals surface area contributed by atoms with Gasteiger partial charge in [0.2, 0.25) is 0 Å². The third-order valence-electron chi connectivity index (χ3n) is 3.31. The van der Waals surface area contributed by atoms with Crippen LogP contribution in [0, 0.1) is 11.7 Å². The summed E-state index contributed by atoms with van der Waals surface area (Å²) in [4.78, 5) is 22.8. The molecular formula is C13H13BrFNO3. The number of halogens is 2. The van der Waals surface area contributed by atoms with E-state index in [0.717, 1.165) is 0 Å². The molecule has 0 heterocycles. The number of carbonyl (C=O) groups excluding carboxylic acids is 1. The van der Waals surface area contributed by atoms with Gasteiger partial charge in [-0.3, -0.25) is 9.59 Å². The molecule has 2 N–H and O–H groups in total. The minimum absolute atomic E-state index is 0.0341. The summed E-state index contributed by atoms with van der Waals surface area (Å²) < 4.78 is 14.0. The Kier molecular flexibility index (Phi) is 4.19. The first-order valence-corrected chi connectivity index (χ1v) is 6.76. The van der Waals surface area contributed by atoms with Crippen molar-refractivity contribution >= 4 is 27.8 Å². The zero-order valence-electron chi connectivity index (χ0n) is 10.0. The van der Waals surface area contributed by atoms with Crippen molar-refractivity contribution in [2.24, 2.45) is 5.92 Å². The molecule has 1 aliphatic rings. The molecule has 0 aromatic heterocycles. The van der Waals surface area contributed by atoms with Crippen LogP contribution < -0.4 is 5.32 Å². The summed E-state index contributed by atoms with van der Waals surface area (Å²) >= 11 is 3.02. The first-order valence-electron chi connectivity index (χ1n) is 5.96. The molecule has 0 spiro atoms. The number of amides is 1. The van der Waals surface area contributed by atoms with E-state index in [0.29, 0.717) is 19.3 Å². The molecule has 102 valence electrons. The summed E-state index contributed by atoms with van der Waals surface area (Å²) in [7, 11) is 0. The highest BCUT2D eigenvalue weighted by Gasteiger charge is 2.31. The lowest BCUT2D eigenvalue weighted by molar-refractivity contribution is -0.141. The second kappa shape index (κ2) is 5.69. The van der Waals surface area contributed by atoms with Crippen LogP contribution in [0.1, 0.15) is 29.6 Å². The number of nitrogens with one attached hydrogen (secondary N) is 1. The van der Waals surface area contributed by atoms with E-state index >= 15 is 0 Å². The van der Waals surface area contributed by atoms with Crippen LogP contribution in [0.15, 0.2) is 22.7 Å². The van der Waals surface area contributed by atoms with Gasteiger partial charge in [0.05, 0.1) is 16.0 Å². The normalized spacial score (nSPS) is 22.2. The fraction of sp³-hybridized carbons (Fsp3) is 0.385. The van der Waals surface area contributed by atoms with Gasteiger partial charge in [0.1, 0.15) is 5.82 Å². The summed E-state index contributed by atoms with van der Waals surface area (Å²) in [5.74, 6) is -2.37. The van der Waals surface area contributed by atoms with Gasteiger partial charge in [0.15, 0.2) is 0 Å². The van der Waals surface area contributed by atoms with Gasteiger partial charge in [-0.15, -0.1) is 0 Å². The Morgan fingerprint density at radius 2 is 2.11 bits per heavy atom. The molecule has 1 aromatic carbocycles. The van der Waals surface area contributed by atoms with Crippen molar-refractivity contribution in [3.05, 3.63) is 34.1 Å². The summed E-state index contributed by atoms with van der Waals surface area (Å²) in [5, 5.41) is 11.6. The second-order valence-corrected chi connectivity index (χ2v) is 5.47. The van der Waals surface area contributed by atoms with Crippen molar-refractivity contribution in [1.82, 2.24) is 5.32 Å². The third-order valence-corrected chi connectivity index (χ3v) is 3.93. The second-order valence-electron chi connectivity index (χ2n) is 4.62. The lowest BCUT2D eigenvalue weighted by Gasteiger charge is -2.13. The third kappa shape index (κ3) is 3.12. The van der Waals surface area contributed by atoms with E-state index in [9.17, 15) is 14.0 Å². The largest absolute Gasteiger partial charge is 0.481 e. The SMILES string of the molecule is O=C(N[C@H]1CC[C@@H](C(=O)O)C1)c1cccc(Br)c1F. The van der Waals surface area contributed by atoms with E-state index in [1.807, 2.05) is 0 Å². The van der Waals surface area contributed by atoms with Gasteiger partial charge in [-0.2, -0.15) is 0 Å². The van der Waals surface area contributed by atoms with E-state index in [1.54, 1.807) is 6.07 Å². The molecule has 2 atom stereocenters. The van der Waals surface area contributed by atoms with Crippen LogP contribution in [0.4, 0.5) is 4.39 Å². The van der Waals surface area contributed by atoms with Crippen LogP contribution in [-0.4, -0.2) is 23.0 Å². The Morgan fingerprint density at radius 3 is 2.74 bits per heavy atom. The van der Waals surface area contributed by atoms with Crippen LogP contribution in [-0.2, 0) is 4.79 Å². The minimum atomic E-state index is -0.842. The molecule has 1 aliphatic carbocycles. The predicted octanol–water partition coefficient (Wildman–Crippen LogP) is 2.57. The van der Waals surface area contributed by atoms with Crippen molar-refractivity contribution < 1.29 is 19.1 Å². The first kappa shape index (κ1) is 14.0. The fourth-order valence-electron chi connectivity index (χ4n) is 2.28. The van der Waals surface area contributed by atoms with Crippen molar-refractivity contribution in [1.29, 1.82) is 0 Å². The molecule has 0 bridgehead atoms. The molecule has 6 heteroatoms. The van der Waals surface area contributed by atoms with Gasteiger partial charge in [0, 0.05) is 6.04 Å². The number of benzene rings is 1. The van der Waals surface area contributed by atoms with Crippen molar-refractivity contribution in [2.75, 3.05) is 0 Å². The lowest BCUT2D eigenvalue weighted by Crippen LogP contribution is -2.33. The van der Waals surface area contributed by atoms with Gasteiger partial charge >= 0.3 is 5.97 Å². The van der Waals surface area contributed by atoms with E-state index < -0.39 is 23.6 Å². The molecule has 1 saturated carbocycles. The number of aliphatic carboxylic acids is 1. The highest BCUT2D eigenvalue weighted by atomic mass is 79.9. The molecule has 0 radical (unpaired) electrons. The average Bonchev–Trinajstić information content (AvgIpc) is 2.81. The lowest BCUT2D eigenvalue weighted by atomic mass is 10.1. The molecule has 0 aliphatic heterocycles. The number of carbonyl (C=O) groups is 2. The topological polar surface area (TPSA) is 66.4 Å². The van der Waals surface area contributed by atoms with Crippen LogP contribution >= 0.6 is 15.9 Å². The highest BCUT2D eigenvalue weighted by Crippen LogP contribution is 2.26. The number of carboxylic acid groups (broad SMARTS) is 1. The van der Waals surface area contributed by atoms with Crippen molar-refractivity contribution in [3.8, 4) is 0 Å². The molecule has 0 saturated heterocycles. The summed E-state index contributed by atoms with van der Waals surface area (Å²) in [6.07, 6.45) is 1.55. The standard InChI is InChI=1S/C13H13BrFNO3/c14-10-3-1-2-9(11(10)15)12(17)16-8-5-4-7(6-8)13(18)19/h1-3,7-8H,4-6H2,(H,16,17)(H,18,19)/t7-,8+/m1/s1. The van der Waals surface area contributed by atoms with E-state index in [4.69, 9.17) is 5.11 Å². The van der Waals surface area contributed by atoms with E-state index in [1.165, 1.54) is 12.1 Å². The fourth-order valence-corrected chi connectivity index (χ4v) is 2.65. The number of carboxylic acids is 1. The predicted molar refractivity (Wildman–Crippen MR) is 70.3 cm³/mol. The van der Waals surface area contributed by atoms with Gasteiger partial charge < -0.3 is 10.4 Å². The van der Waals surface area contributed by atoms with Crippen molar-refractivity contribution in [3.63, 3.8) is 0 Å². The Labute approximate surface area is 118 Å². The molecule has 1 amide bonds. The number of hydrogen-bond donors (Lipinski definition) is 2. The Bertz CT molecular complexity index is 521. The average molecular weight is 330 g/mol. The summed E-state index contributed by atoms with van der Waals surface area (Å²) in [5.41, 5.74) is -0.0341.